The third-order valence-corrected chi connectivity index (χ3v) is 6.83. The molecule has 5 aromatic carbocycles. The number of fused-ring (bicyclic) bond motifs is 6. The van der Waals surface area contributed by atoms with Crippen LogP contribution in [0.15, 0.2) is 115 Å². The molecule has 0 atom stereocenters. The van der Waals surface area contributed by atoms with Crippen molar-refractivity contribution in [1.29, 1.82) is 0 Å². The van der Waals surface area contributed by atoms with Gasteiger partial charge in [0.2, 0.25) is 0 Å². The predicted octanol–water partition coefficient (Wildman–Crippen LogP) is 8.02. The van der Waals surface area contributed by atoms with Gasteiger partial charge in [-0.15, -0.1) is 0 Å². The summed E-state index contributed by atoms with van der Waals surface area (Å²) in [6.07, 6.45) is 1.03. The van der Waals surface area contributed by atoms with Gasteiger partial charge < -0.3 is 4.57 Å². The average molecular weight is 408 g/mol. The predicted molar refractivity (Wildman–Crippen MR) is 134 cm³/mol. The SMILES string of the molecule is c1ccc2c(c1)Cc1ccc(-c3ccccc3-n3c4ccccc4c4ccccc43)cc1-2. The molecule has 1 nitrogen and oxygen atoms in total. The fourth-order valence-electron chi connectivity index (χ4n) is 5.39. The van der Waals surface area contributed by atoms with Gasteiger partial charge in [-0.1, -0.05) is 91.0 Å². The molecule has 0 radical (unpaired) electrons. The van der Waals surface area contributed by atoms with E-state index in [1.54, 1.807) is 0 Å². The number of para-hydroxylation sites is 3. The van der Waals surface area contributed by atoms with Gasteiger partial charge in [0.25, 0.3) is 0 Å². The minimum Gasteiger partial charge on any atom is -0.309 e. The Morgan fingerprint density at radius 3 is 1.84 bits per heavy atom. The average Bonchev–Trinajstić information content (AvgIpc) is 3.39. The second-order valence-electron chi connectivity index (χ2n) is 8.59. The zero-order chi connectivity index (χ0) is 21.1. The first-order valence-electron chi connectivity index (χ1n) is 11.2. The van der Waals surface area contributed by atoms with Crippen LogP contribution in [0.5, 0.6) is 0 Å². The van der Waals surface area contributed by atoms with Crippen LogP contribution in [0.2, 0.25) is 0 Å². The highest BCUT2D eigenvalue weighted by Gasteiger charge is 2.20. The Kier molecular flexibility index (Phi) is 3.68. The summed E-state index contributed by atoms with van der Waals surface area (Å²) >= 11 is 0. The fourth-order valence-corrected chi connectivity index (χ4v) is 5.39. The van der Waals surface area contributed by atoms with Crippen LogP contribution >= 0.6 is 0 Å². The second kappa shape index (κ2) is 6.70. The zero-order valence-corrected chi connectivity index (χ0v) is 17.6. The van der Waals surface area contributed by atoms with Crippen LogP contribution < -0.4 is 0 Å². The van der Waals surface area contributed by atoms with Gasteiger partial charge in [0.1, 0.15) is 0 Å². The topological polar surface area (TPSA) is 4.93 Å². The van der Waals surface area contributed by atoms with Crippen molar-refractivity contribution in [2.24, 2.45) is 0 Å². The van der Waals surface area contributed by atoms with Crippen molar-refractivity contribution in [3.63, 3.8) is 0 Å². The summed E-state index contributed by atoms with van der Waals surface area (Å²) in [6.45, 7) is 0. The van der Waals surface area contributed by atoms with Crippen molar-refractivity contribution >= 4 is 21.8 Å². The van der Waals surface area contributed by atoms with Crippen LogP contribution in [-0.2, 0) is 6.42 Å². The van der Waals surface area contributed by atoms with E-state index in [-0.39, 0.29) is 0 Å². The number of nitrogens with zero attached hydrogens (tertiary/aromatic N) is 1. The second-order valence-corrected chi connectivity index (χ2v) is 8.59. The van der Waals surface area contributed by atoms with Gasteiger partial charge in [-0.3, -0.25) is 0 Å². The maximum absolute atomic E-state index is 2.42. The van der Waals surface area contributed by atoms with Crippen LogP contribution in [0.25, 0.3) is 49.7 Å². The summed E-state index contributed by atoms with van der Waals surface area (Å²) in [5, 5.41) is 2.58. The molecule has 1 aliphatic carbocycles. The van der Waals surface area contributed by atoms with Crippen molar-refractivity contribution in [3.8, 4) is 27.9 Å². The zero-order valence-electron chi connectivity index (χ0n) is 17.6. The van der Waals surface area contributed by atoms with E-state index in [1.165, 1.54) is 60.9 Å². The Labute approximate surface area is 187 Å². The highest BCUT2D eigenvalue weighted by Crippen LogP contribution is 2.41. The van der Waals surface area contributed by atoms with E-state index >= 15 is 0 Å². The summed E-state index contributed by atoms with van der Waals surface area (Å²) in [5.41, 5.74) is 11.8. The molecule has 1 aromatic heterocycles. The summed E-state index contributed by atoms with van der Waals surface area (Å²) in [5.74, 6) is 0. The molecule has 0 amide bonds. The number of hydrogen-bond acceptors (Lipinski definition) is 0. The first kappa shape index (κ1) is 17.6. The summed E-state index contributed by atoms with van der Waals surface area (Å²) in [4.78, 5) is 0. The molecule has 0 unspecified atom stereocenters. The van der Waals surface area contributed by atoms with Gasteiger partial charge in [-0.2, -0.15) is 0 Å². The lowest BCUT2D eigenvalue weighted by Crippen LogP contribution is -1.97. The Hall–Kier alpha value is -4.10. The molecular formula is C31H21N. The third-order valence-electron chi connectivity index (χ3n) is 6.83. The Morgan fingerprint density at radius 1 is 0.469 bits per heavy atom. The molecule has 1 heterocycles. The summed E-state index contributed by atoms with van der Waals surface area (Å²) < 4.78 is 2.42. The standard InChI is InChI=1S/C31H21N/c1-2-10-24-21(9-1)19-22-17-18-23(20-28(22)24)25-11-3-6-14-29(25)32-30-15-7-4-12-26(30)27-13-5-8-16-31(27)32/h1-18,20H,19H2. The van der Waals surface area contributed by atoms with Crippen molar-refractivity contribution in [2.75, 3.05) is 0 Å². The van der Waals surface area contributed by atoms with Crippen molar-refractivity contribution in [3.05, 3.63) is 126 Å². The minimum atomic E-state index is 1.03. The minimum absolute atomic E-state index is 1.03. The Bertz CT molecular complexity index is 1600. The lowest BCUT2D eigenvalue weighted by Gasteiger charge is -2.15. The van der Waals surface area contributed by atoms with E-state index in [0.717, 1.165) is 6.42 Å². The molecule has 32 heavy (non-hydrogen) atoms. The smallest absolute Gasteiger partial charge is 0.0541 e. The van der Waals surface area contributed by atoms with Crippen molar-refractivity contribution in [2.45, 2.75) is 6.42 Å². The van der Waals surface area contributed by atoms with E-state index in [2.05, 4.69) is 120 Å². The molecule has 0 spiro atoms. The molecule has 1 heteroatoms. The van der Waals surface area contributed by atoms with Gasteiger partial charge in [-0.05, 0) is 58.5 Å². The number of aromatic nitrogens is 1. The third kappa shape index (κ3) is 2.45. The molecule has 6 aromatic rings. The normalized spacial score (nSPS) is 12.2. The first-order chi connectivity index (χ1) is 15.9. The van der Waals surface area contributed by atoms with Gasteiger partial charge in [0.05, 0.1) is 16.7 Å². The van der Waals surface area contributed by atoms with Crippen LogP contribution in [0.3, 0.4) is 0 Å². The van der Waals surface area contributed by atoms with Crippen LogP contribution in [0.1, 0.15) is 11.1 Å². The first-order valence-corrected chi connectivity index (χ1v) is 11.2. The van der Waals surface area contributed by atoms with E-state index in [9.17, 15) is 0 Å². The molecule has 7 rings (SSSR count). The summed E-state index contributed by atoms with van der Waals surface area (Å²) in [6, 6.07) is 42.0. The van der Waals surface area contributed by atoms with Crippen LogP contribution in [0.4, 0.5) is 0 Å². The van der Waals surface area contributed by atoms with Gasteiger partial charge in [0.15, 0.2) is 0 Å². The van der Waals surface area contributed by atoms with Gasteiger partial charge in [-0.25, -0.2) is 0 Å². The largest absolute Gasteiger partial charge is 0.309 e. The van der Waals surface area contributed by atoms with Crippen molar-refractivity contribution < 1.29 is 0 Å². The molecular weight excluding hydrogens is 386 g/mol. The molecule has 0 N–H and O–H groups in total. The Morgan fingerprint density at radius 2 is 1.06 bits per heavy atom. The lowest BCUT2D eigenvalue weighted by molar-refractivity contribution is 1.18. The molecule has 0 aliphatic heterocycles. The molecule has 0 saturated heterocycles. The highest BCUT2D eigenvalue weighted by molar-refractivity contribution is 6.09. The quantitative estimate of drug-likeness (QED) is 0.273. The molecule has 150 valence electrons. The molecule has 0 fully saturated rings. The lowest BCUT2D eigenvalue weighted by atomic mass is 9.97. The molecule has 0 saturated carbocycles. The van der Waals surface area contributed by atoms with Gasteiger partial charge in [0, 0.05) is 16.3 Å². The van der Waals surface area contributed by atoms with Crippen molar-refractivity contribution in [1.82, 2.24) is 4.57 Å². The maximum atomic E-state index is 2.42. The van der Waals surface area contributed by atoms with Crippen LogP contribution in [-0.4, -0.2) is 4.57 Å². The van der Waals surface area contributed by atoms with E-state index in [4.69, 9.17) is 0 Å². The van der Waals surface area contributed by atoms with E-state index in [1.807, 2.05) is 0 Å². The number of rotatable bonds is 2. The maximum Gasteiger partial charge on any atom is 0.0541 e. The van der Waals surface area contributed by atoms with Crippen LogP contribution in [0, 0.1) is 0 Å². The van der Waals surface area contributed by atoms with E-state index < -0.39 is 0 Å². The fraction of sp³-hybridized carbons (Fsp3) is 0.0323. The highest BCUT2D eigenvalue weighted by atomic mass is 15.0. The number of benzene rings is 5. The van der Waals surface area contributed by atoms with Gasteiger partial charge >= 0.3 is 0 Å². The van der Waals surface area contributed by atoms with E-state index in [0.29, 0.717) is 0 Å². The Balaban J connectivity index is 1.50. The monoisotopic (exact) mass is 407 g/mol. The number of hydrogen-bond donors (Lipinski definition) is 0. The molecule has 1 aliphatic rings. The molecule has 0 bridgehead atoms. The summed E-state index contributed by atoms with van der Waals surface area (Å²) in [7, 11) is 0.